The maximum atomic E-state index is 6.01. The zero-order valence-electron chi connectivity index (χ0n) is 8.53. The maximum Gasteiger partial charge on any atom is 0.147 e. The van der Waals surface area contributed by atoms with Crippen LogP contribution in [0.5, 0.6) is 5.75 Å². The van der Waals surface area contributed by atoms with E-state index in [-0.39, 0.29) is 0 Å². The highest BCUT2D eigenvalue weighted by Gasteiger charge is 2.03. The van der Waals surface area contributed by atoms with Gasteiger partial charge in [0.15, 0.2) is 0 Å². The lowest BCUT2D eigenvalue weighted by Gasteiger charge is -2.07. The monoisotopic (exact) mass is 332 g/mol. The molecule has 0 aliphatic rings. The summed E-state index contributed by atoms with van der Waals surface area (Å²) in [6.45, 7) is 0.297. The minimum atomic E-state index is 0.297. The fraction of sp³-hybridized carbons (Fsp3) is 0.0909. The van der Waals surface area contributed by atoms with Gasteiger partial charge in [0.1, 0.15) is 17.5 Å². The molecule has 0 N–H and O–H groups in total. The first-order valence-electron chi connectivity index (χ1n) is 4.69. The highest BCUT2D eigenvalue weighted by atomic mass is 79.9. The number of hydrogen-bond donors (Lipinski definition) is 0. The summed E-state index contributed by atoms with van der Waals surface area (Å²) in [7, 11) is 0. The van der Waals surface area contributed by atoms with E-state index in [0.29, 0.717) is 28.2 Å². The molecule has 17 heavy (non-hydrogen) atoms. The van der Waals surface area contributed by atoms with Crippen molar-refractivity contribution in [3.8, 4) is 5.75 Å². The summed E-state index contributed by atoms with van der Waals surface area (Å²) >= 11 is 15.0. The van der Waals surface area contributed by atoms with Gasteiger partial charge in [0.25, 0.3) is 0 Å². The molecular weight excluding hydrogens is 327 g/mol. The van der Waals surface area contributed by atoms with Gasteiger partial charge < -0.3 is 4.74 Å². The average molecular weight is 334 g/mol. The number of rotatable bonds is 3. The first kappa shape index (κ1) is 12.6. The standard InChI is InChI=1S/C11H7BrCl2N2O/c12-7-1-2-10(9(13)3-7)17-6-8-4-16-11(14)5-15-8/h1-5H,6H2. The zero-order chi connectivity index (χ0) is 12.3. The van der Waals surface area contributed by atoms with Crippen LogP contribution in [0, 0.1) is 0 Å². The van der Waals surface area contributed by atoms with Crippen molar-refractivity contribution in [1.82, 2.24) is 9.97 Å². The van der Waals surface area contributed by atoms with E-state index in [2.05, 4.69) is 25.9 Å². The molecule has 2 rings (SSSR count). The predicted octanol–water partition coefficient (Wildman–Crippen LogP) is 4.12. The van der Waals surface area contributed by atoms with E-state index in [1.165, 1.54) is 6.20 Å². The third-order valence-corrected chi connectivity index (χ3v) is 2.93. The third kappa shape index (κ3) is 3.56. The smallest absolute Gasteiger partial charge is 0.147 e. The fourth-order valence-corrected chi connectivity index (χ4v) is 1.98. The summed E-state index contributed by atoms with van der Waals surface area (Å²) in [5.74, 6) is 0.603. The van der Waals surface area contributed by atoms with E-state index in [1.807, 2.05) is 6.07 Å². The molecule has 0 radical (unpaired) electrons. The molecule has 0 bridgehead atoms. The maximum absolute atomic E-state index is 6.01. The van der Waals surface area contributed by atoms with Crippen LogP contribution in [0.1, 0.15) is 5.69 Å². The Morgan fingerprint density at radius 3 is 2.65 bits per heavy atom. The molecule has 0 unspecified atom stereocenters. The third-order valence-electron chi connectivity index (χ3n) is 1.94. The lowest BCUT2D eigenvalue weighted by Crippen LogP contribution is -1.99. The first-order chi connectivity index (χ1) is 8.15. The van der Waals surface area contributed by atoms with Gasteiger partial charge in [-0.3, -0.25) is 4.98 Å². The van der Waals surface area contributed by atoms with Crippen LogP contribution in [0.3, 0.4) is 0 Å². The van der Waals surface area contributed by atoms with Gasteiger partial charge in [-0.25, -0.2) is 4.98 Å². The van der Waals surface area contributed by atoms with E-state index in [1.54, 1.807) is 18.3 Å². The molecule has 0 atom stereocenters. The van der Waals surface area contributed by atoms with Gasteiger partial charge in [0, 0.05) is 4.47 Å². The molecule has 0 aliphatic carbocycles. The topological polar surface area (TPSA) is 35.0 Å². The molecule has 0 aliphatic heterocycles. The number of ether oxygens (including phenoxy) is 1. The molecule has 0 amide bonds. The Bertz CT molecular complexity index is 519. The molecule has 1 aromatic carbocycles. The molecular formula is C11H7BrCl2N2O. The Balaban J connectivity index is 2.04. The van der Waals surface area contributed by atoms with Crippen molar-refractivity contribution in [3.05, 3.63) is 50.9 Å². The van der Waals surface area contributed by atoms with E-state index in [4.69, 9.17) is 27.9 Å². The van der Waals surface area contributed by atoms with Crippen LogP contribution in [-0.4, -0.2) is 9.97 Å². The fourth-order valence-electron chi connectivity index (χ4n) is 1.16. The van der Waals surface area contributed by atoms with Gasteiger partial charge in [-0.15, -0.1) is 0 Å². The van der Waals surface area contributed by atoms with Gasteiger partial charge in [0.2, 0.25) is 0 Å². The van der Waals surface area contributed by atoms with Gasteiger partial charge >= 0.3 is 0 Å². The normalized spacial score (nSPS) is 10.3. The lowest BCUT2D eigenvalue weighted by atomic mass is 10.3. The number of aromatic nitrogens is 2. The Labute approximate surface area is 117 Å². The molecule has 0 saturated carbocycles. The van der Waals surface area contributed by atoms with Crippen molar-refractivity contribution in [3.63, 3.8) is 0 Å². The molecule has 1 heterocycles. The highest BCUT2D eigenvalue weighted by molar-refractivity contribution is 9.10. The van der Waals surface area contributed by atoms with Crippen LogP contribution in [0.2, 0.25) is 10.2 Å². The second-order valence-electron chi connectivity index (χ2n) is 3.19. The van der Waals surface area contributed by atoms with Gasteiger partial charge in [-0.2, -0.15) is 0 Å². The van der Waals surface area contributed by atoms with Crippen LogP contribution in [0.25, 0.3) is 0 Å². The number of halogens is 3. The average Bonchev–Trinajstić information content (AvgIpc) is 2.30. The first-order valence-corrected chi connectivity index (χ1v) is 6.24. The van der Waals surface area contributed by atoms with Crippen molar-refractivity contribution >= 4 is 39.1 Å². The Kier molecular flexibility index (Phi) is 4.20. The largest absolute Gasteiger partial charge is 0.486 e. The summed E-state index contributed by atoms with van der Waals surface area (Å²) in [5.41, 5.74) is 0.688. The SMILES string of the molecule is Clc1cnc(COc2ccc(Br)cc2Cl)cn1. The van der Waals surface area contributed by atoms with Crippen molar-refractivity contribution < 1.29 is 4.74 Å². The summed E-state index contributed by atoms with van der Waals surface area (Å²) < 4.78 is 6.42. The second-order valence-corrected chi connectivity index (χ2v) is 4.90. The molecule has 0 fully saturated rings. The Morgan fingerprint density at radius 2 is 2.00 bits per heavy atom. The van der Waals surface area contributed by atoms with E-state index in [0.717, 1.165) is 4.47 Å². The molecule has 3 nitrogen and oxygen atoms in total. The molecule has 2 aromatic rings. The molecule has 1 aromatic heterocycles. The van der Waals surface area contributed by atoms with Crippen molar-refractivity contribution in [2.75, 3.05) is 0 Å². The highest BCUT2D eigenvalue weighted by Crippen LogP contribution is 2.28. The van der Waals surface area contributed by atoms with E-state index < -0.39 is 0 Å². The summed E-state index contributed by atoms with van der Waals surface area (Å²) in [5, 5.41) is 0.900. The van der Waals surface area contributed by atoms with Crippen molar-refractivity contribution in [2.24, 2.45) is 0 Å². The van der Waals surface area contributed by atoms with Crippen LogP contribution < -0.4 is 4.74 Å². The Morgan fingerprint density at radius 1 is 1.18 bits per heavy atom. The minimum absolute atomic E-state index is 0.297. The quantitative estimate of drug-likeness (QED) is 0.847. The van der Waals surface area contributed by atoms with E-state index >= 15 is 0 Å². The molecule has 0 saturated heterocycles. The van der Waals surface area contributed by atoms with Crippen LogP contribution >= 0.6 is 39.1 Å². The van der Waals surface area contributed by atoms with E-state index in [9.17, 15) is 0 Å². The lowest BCUT2D eigenvalue weighted by molar-refractivity contribution is 0.301. The van der Waals surface area contributed by atoms with Gasteiger partial charge in [-0.05, 0) is 18.2 Å². The van der Waals surface area contributed by atoms with Gasteiger partial charge in [0.05, 0.1) is 23.1 Å². The van der Waals surface area contributed by atoms with Crippen LogP contribution in [0.15, 0.2) is 35.1 Å². The number of hydrogen-bond acceptors (Lipinski definition) is 3. The van der Waals surface area contributed by atoms with Crippen LogP contribution in [0.4, 0.5) is 0 Å². The Hall–Kier alpha value is -0.840. The number of benzene rings is 1. The predicted molar refractivity (Wildman–Crippen MR) is 70.5 cm³/mol. The summed E-state index contributed by atoms with van der Waals surface area (Å²) in [6, 6.07) is 5.41. The summed E-state index contributed by atoms with van der Waals surface area (Å²) in [4.78, 5) is 7.98. The van der Waals surface area contributed by atoms with Gasteiger partial charge in [-0.1, -0.05) is 39.1 Å². The minimum Gasteiger partial charge on any atom is -0.486 e. The second kappa shape index (κ2) is 5.67. The molecule has 88 valence electrons. The van der Waals surface area contributed by atoms with Crippen LogP contribution in [-0.2, 0) is 6.61 Å². The molecule has 6 heteroatoms. The molecule has 0 spiro atoms. The van der Waals surface area contributed by atoms with Crippen molar-refractivity contribution in [2.45, 2.75) is 6.61 Å². The zero-order valence-corrected chi connectivity index (χ0v) is 11.6. The summed E-state index contributed by atoms with van der Waals surface area (Å²) in [6.07, 6.45) is 3.04. The number of nitrogens with zero attached hydrogens (tertiary/aromatic N) is 2. The van der Waals surface area contributed by atoms with Crippen molar-refractivity contribution in [1.29, 1.82) is 0 Å².